The fourth-order valence-corrected chi connectivity index (χ4v) is 5.63. The quantitative estimate of drug-likeness (QED) is 0.263. The summed E-state index contributed by atoms with van der Waals surface area (Å²) in [4.78, 5) is 73.5. The number of carbonyl (C=O) groups is 6. The molecule has 17 nitrogen and oxygen atoms in total. The molecule has 53 heavy (non-hydrogen) atoms. The molecule has 2 bridgehead atoms. The summed E-state index contributed by atoms with van der Waals surface area (Å²) in [5, 5.41) is 28.1. The molecule has 0 aliphatic carbocycles. The third-order valence-corrected chi connectivity index (χ3v) is 7.85. The van der Waals surface area contributed by atoms with Crippen LogP contribution in [0, 0.1) is 0 Å². The Morgan fingerprint density at radius 2 is 1.02 bits per heavy atom. The van der Waals surface area contributed by atoms with Gasteiger partial charge in [-0.2, -0.15) is 0 Å². The van der Waals surface area contributed by atoms with Gasteiger partial charge in [0.15, 0.2) is 0 Å². The largest absolute Gasteiger partial charge is 0.480 e. The normalized spacial score (nSPS) is 25.3. The minimum absolute atomic E-state index is 0. The van der Waals surface area contributed by atoms with E-state index in [1.807, 2.05) is 20.8 Å². The van der Waals surface area contributed by atoms with Crippen molar-refractivity contribution in [2.24, 2.45) is 0 Å². The minimum atomic E-state index is -1.07. The number of amides is 3. The van der Waals surface area contributed by atoms with E-state index >= 15 is 0 Å². The van der Waals surface area contributed by atoms with Gasteiger partial charge < -0.3 is 39.0 Å². The number of carboxylic acids is 1. The number of carbonyl (C=O) groups excluding carboxylic acids is 5. The number of aliphatic hydroxyl groups is 2. The molecule has 17 heteroatoms. The number of carboxylic acid groups (broad SMARTS) is 1. The smallest absolute Gasteiger partial charge is 0.411 e. The number of likely N-dealkylation sites (tertiary alicyclic amines) is 2. The van der Waals surface area contributed by atoms with Crippen LogP contribution in [0.1, 0.15) is 116 Å². The van der Waals surface area contributed by atoms with Crippen molar-refractivity contribution in [3.8, 4) is 0 Å². The van der Waals surface area contributed by atoms with Gasteiger partial charge >= 0.3 is 36.2 Å². The van der Waals surface area contributed by atoms with E-state index in [1.54, 1.807) is 41.5 Å². The van der Waals surface area contributed by atoms with Gasteiger partial charge in [0.05, 0.1) is 39.0 Å². The predicted octanol–water partition coefficient (Wildman–Crippen LogP) is 4.33. The van der Waals surface area contributed by atoms with Gasteiger partial charge in [-0.05, 0) is 101 Å². The van der Waals surface area contributed by atoms with Crippen LogP contribution in [-0.4, -0.2) is 146 Å². The van der Waals surface area contributed by atoms with Gasteiger partial charge in [-0.1, -0.05) is 14.9 Å². The number of ether oxygens (including phenoxy) is 5. The molecule has 0 unspecified atom stereocenters. The Morgan fingerprint density at radius 1 is 0.623 bits per heavy atom. The second-order valence-corrected chi connectivity index (χ2v) is 15.9. The molecule has 5 rings (SSSR count). The number of methoxy groups -OCH3 is 1. The summed E-state index contributed by atoms with van der Waals surface area (Å²) in [5.74, 6) is -1.84. The van der Waals surface area contributed by atoms with Crippen molar-refractivity contribution in [1.82, 2.24) is 14.7 Å². The van der Waals surface area contributed by atoms with Gasteiger partial charge in [0.2, 0.25) is 0 Å². The molecule has 5 aliphatic heterocycles. The lowest BCUT2D eigenvalue weighted by molar-refractivity contribution is -0.174. The number of morpholine rings is 1. The second kappa shape index (κ2) is 20.0. The molecule has 0 saturated carbocycles. The van der Waals surface area contributed by atoms with Crippen LogP contribution in [0.5, 0.6) is 0 Å². The zero-order valence-electron chi connectivity index (χ0n) is 31.5. The van der Waals surface area contributed by atoms with Crippen molar-refractivity contribution in [2.75, 3.05) is 26.7 Å². The molecule has 3 N–H and O–H groups in total. The maximum atomic E-state index is 12.0. The summed E-state index contributed by atoms with van der Waals surface area (Å²) in [6.45, 7) is 16.4. The van der Waals surface area contributed by atoms with Crippen molar-refractivity contribution in [1.29, 1.82) is 0 Å². The van der Waals surface area contributed by atoms with Gasteiger partial charge in [0, 0.05) is 0 Å². The van der Waals surface area contributed by atoms with E-state index in [2.05, 4.69) is 4.74 Å². The van der Waals surface area contributed by atoms with Gasteiger partial charge in [0.1, 0.15) is 41.0 Å². The van der Waals surface area contributed by atoms with Crippen molar-refractivity contribution in [3.05, 3.63) is 0 Å². The predicted molar refractivity (Wildman–Crippen MR) is 193 cm³/mol. The molecule has 5 fully saturated rings. The SMILES string of the molecule is C.C.CC(C)(C)OC(=O)N1C[C@@H](O)CC[C@H]1C(=O)O.CC(C)(C)OC(=O)N1C[C@@H]2CC[C@H]1C(=O)O2.COC(=O)[C@@H]1CC[C@H](O)CN1C(=O)OC(C)(C)C. The molecular weight excluding hydrogens is 698 g/mol. The zero-order valence-corrected chi connectivity index (χ0v) is 31.5. The molecule has 0 radical (unpaired) electrons. The highest BCUT2D eigenvalue weighted by Gasteiger charge is 2.45. The van der Waals surface area contributed by atoms with E-state index in [1.165, 1.54) is 16.9 Å². The summed E-state index contributed by atoms with van der Waals surface area (Å²) in [6, 6.07) is -2.03. The highest BCUT2D eigenvalue weighted by Crippen LogP contribution is 2.29. The fourth-order valence-electron chi connectivity index (χ4n) is 5.63. The topological polar surface area (TPSA) is 219 Å². The molecule has 6 atom stereocenters. The Hall–Kier alpha value is -3.86. The first-order valence-electron chi connectivity index (χ1n) is 17.2. The Labute approximate surface area is 314 Å². The van der Waals surface area contributed by atoms with Crippen molar-refractivity contribution in [2.45, 2.75) is 169 Å². The number of hydrogen-bond acceptors (Lipinski definition) is 13. The second-order valence-electron chi connectivity index (χ2n) is 15.9. The van der Waals surface area contributed by atoms with Crippen LogP contribution in [0.3, 0.4) is 0 Å². The standard InChI is InChI=1S/C12H21NO5.C11H19NO5.C11H17NO4.2CH4/c1-12(2,3)18-11(16)13-7-8(14)5-6-9(13)10(15)17-4;1-11(2,3)17-10(16)12-6-7(13)4-5-8(12)9(14)15;1-11(2,3)16-10(14)12-6-7-4-5-8(12)9(13)15-7;;/h8-9,14H,5-7H2,1-4H3;7-8,13H,4-6H2,1-3H3,(H,14,15);7-8H,4-6H2,1-3H3;2*1H4/t8-,9-;2*7-,8-;;/m000../s1. The third kappa shape index (κ3) is 16.0. The molecule has 0 aromatic heterocycles. The Morgan fingerprint density at radius 3 is 1.38 bits per heavy atom. The number of rotatable bonds is 2. The van der Waals surface area contributed by atoms with Gasteiger partial charge in [-0.3, -0.25) is 14.7 Å². The first-order valence-corrected chi connectivity index (χ1v) is 17.2. The van der Waals surface area contributed by atoms with Crippen LogP contribution >= 0.6 is 0 Å². The van der Waals surface area contributed by atoms with Crippen molar-refractivity contribution < 1.29 is 67.8 Å². The number of fused-ring (bicyclic) bond motifs is 3. The Balaban J connectivity index is 0.000000752. The average Bonchev–Trinajstić information content (AvgIpc) is 2.98. The first kappa shape index (κ1) is 49.1. The number of piperidine rings is 3. The number of esters is 2. The molecule has 308 valence electrons. The zero-order chi connectivity index (χ0) is 39.1. The first-order chi connectivity index (χ1) is 23.3. The lowest BCUT2D eigenvalue weighted by Crippen LogP contribution is -2.59. The number of aliphatic hydroxyl groups excluding tert-OH is 2. The summed E-state index contributed by atoms with van der Waals surface area (Å²) >= 11 is 0. The molecule has 5 aliphatic rings. The summed E-state index contributed by atoms with van der Waals surface area (Å²) in [7, 11) is 1.28. The van der Waals surface area contributed by atoms with E-state index in [9.17, 15) is 39.0 Å². The number of aliphatic carboxylic acids is 1. The molecule has 0 aromatic rings. The average molecular weight is 764 g/mol. The molecule has 0 aromatic carbocycles. The maximum Gasteiger partial charge on any atom is 0.411 e. The van der Waals surface area contributed by atoms with Gasteiger partial charge in [-0.25, -0.2) is 28.8 Å². The van der Waals surface area contributed by atoms with Crippen LogP contribution in [0.25, 0.3) is 0 Å². The van der Waals surface area contributed by atoms with E-state index < -0.39 is 77.4 Å². The summed E-state index contributed by atoms with van der Waals surface area (Å²) in [5.41, 5.74) is -1.85. The number of β-amino-alcohol motifs (C(OH)–C–C–N with tert-alkyl or cyclic N) is 2. The van der Waals surface area contributed by atoms with Crippen LogP contribution in [0.4, 0.5) is 14.4 Å². The Bertz CT molecular complexity index is 1260. The van der Waals surface area contributed by atoms with E-state index in [0.717, 1.165) is 11.3 Å². The fraction of sp³-hybridized carbons (Fsp3) is 0.833. The molecule has 5 heterocycles. The van der Waals surface area contributed by atoms with Crippen LogP contribution in [0.2, 0.25) is 0 Å². The molecule has 0 spiro atoms. The van der Waals surface area contributed by atoms with Crippen molar-refractivity contribution >= 4 is 36.2 Å². The van der Waals surface area contributed by atoms with Crippen LogP contribution < -0.4 is 0 Å². The number of nitrogens with zero attached hydrogens (tertiary/aromatic N) is 3. The lowest BCUT2D eigenvalue weighted by atomic mass is 9.97. The monoisotopic (exact) mass is 763 g/mol. The van der Waals surface area contributed by atoms with Crippen LogP contribution in [0.15, 0.2) is 0 Å². The molecular formula is C36H65N3O14. The van der Waals surface area contributed by atoms with Crippen LogP contribution in [-0.2, 0) is 38.1 Å². The van der Waals surface area contributed by atoms with E-state index in [4.69, 9.17) is 24.1 Å². The minimum Gasteiger partial charge on any atom is -0.480 e. The highest BCUT2D eigenvalue weighted by molar-refractivity contribution is 5.84. The van der Waals surface area contributed by atoms with Crippen molar-refractivity contribution in [3.63, 3.8) is 0 Å². The van der Waals surface area contributed by atoms with E-state index in [-0.39, 0.29) is 46.4 Å². The van der Waals surface area contributed by atoms with Gasteiger partial charge in [0.25, 0.3) is 0 Å². The third-order valence-electron chi connectivity index (χ3n) is 7.85. The molecule has 3 amide bonds. The maximum absolute atomic E-state index is 12.0. The Kier molecular flexibility index (Phi) is 18.5. The van der Waals surface area contributed by atoms with Gasteiger partial charge in [-0.15, -0.1) is 0 Å². The highest BCUT2D eigenvalue weighted by atomic mass is 16.6. The lowest BCUT2D eigenvalue weighted by Gasteiger charge is -2.43. The summed E-state index contributed by atoms with van der Waals surface area (Å²) in [6.07, 6.45) is -0.155. The number of hydrogen-bond donors (Lipinski definition) is 3. The molecule has 5 saturated heterocycles. The summed E-state index contributed by atoms with van der Waals surface area (Å²) < 4.78 is 25.4. The van der Waals surface area contributed by atoms with E-state index in [0.29, 0.717) is 32.2 Å².